The van der Waals surface area contributed by atoms with Crippen molar-refractivity contribution in [1.29, 1.82) is 0 Å². The maximum absolute atomic E-state index is 13.4. The van der Waals surface area contributed by atoms with E-state index in [-0.39, 0.29) is 0 Å². The molecular formula is C14H19FN2O2S. The normalized spacial score (nSPS) is 23.9. The highest BCUT2D eigenvalue weighted by atomic mass is 32.2. The van der Waals surface area contributed by atoms with Gasteiger partial charge in [0.25, 0.3) is 0 Å². The second-order valence-electron chi connectivity index (χ2n) is 5.71. The van der Waals surface area contributed by atoms with E-state index >= 15 is 0 Å². The third kappa shape index (κ3) is 2.31. The van der Waals surface area contributed by atoms with Gasteiger partial charge in [0.1, 0.15) is 5.82 Å². The lowest BCUT2D eigenvalue weighted by molar-refractivity contribution is 0.280. The third-order valence-corrected chi connectivity index (χ3v) is 6.05. The maximum atomic E-state index is 13.4. The van der Waals surface area contributed by atoms with Crippen molar-refractivity contribution in [2.75, 3.05) is 23.9 Å². The topological polar surface area (TPSA) is 40.6 Å². The minimum absolute atomic E-state index is 0.383. The fourth-order valence-electron chi connectivity index (χ4n) is 3.06. The van der Waals surface area contributed by atoms with Gasteiger partial charge in [0.15, 0.2) is 0 Å². The van der Waals surface area contributed by atoms with Crippen LogP contribution in [0.4, 0.5) is 10.1 Å². The maximum Gasteiger partial charge on any atom is 0.304 e. The van der Waals surface area contributed by atoms with Crippen molar-refractivity contribution in [3.05, 3.63) is 29.6 Å². The van der Waals surface area contributed by atoms with E-state index in [1.54, 1.807) is 10.4 Å². The predicted octanol–water partition coefficient (Wildman–Crippen LogP) is 2.16. The van der Waals surface area contributed by atoms with Crippen LogP contribution in [0, 0.1) is 11.7 Å². The fourth-order valence-corrected chi connectivity index (χ4v) is 4.88. The second kappa shape index (κ2) is 5.00. The van der Waals surface area contributed by atoms with Crippen LogP contribution in [-0.2, 0) is 16.6 Å². The van der Waals surface area contributed by atoms with E-state index in [1.807, 2.05) is 0 Å². The molecule has 6 heteroatoms. The summed E-state index contributed by atoms with van der Waals surface area (Å²) in [6.45, 7) is 3.60. The summed E-state index contributed by atoms with van der Waals surface area (Å²) in [5, 5.41) is 0. The lowest BCUT2D eigenvalue weighted by Crippen LogP contribution is -2.47. The zero-order valence-electron chi connectivity index (χ0n) is 11.5. The molecule has 2 aliphatic heterocycles. The highest BCUT2D eigenvalue weighted by Crippen LogP contribution is 2.33. The largest absolute Gasteiger partial charge is 0.304 e. The van der Waals surface area contributed by atoms with Crippen molar-refractivity contribution in [1.82, 2.24) is 4.31 Å². The summed E-state index contributed by atoms with van der Waals surface area (Å²) >= 11 is 0. The van der Waals surface area contributed by atoms with Gasteiger partial charge in [-0.05, 0) is 42.9 Å². The van der Waals surface area contributed by atoms with E-state index in [0.717, 1.165) is 18.4 Å². The number of anilines is 1. The third-order valence-electron chi connectivity index (χ3n) is 4.12. The summed E-state index contributed by atoms with van der Waals surface area (Å²) in [6.07, 6.45) is 2.61. The predicted molar refractivity (Wildman–Crippen MR) is 76.3 cm³/mol. The van der Waals surface area contributed by atoms with Gasteiger partial charge in [-0.1, -0.05) is 13.0 Å². The molecule has 1 aromatic carbocycles. The van der Waals surface area contributed by atoms with Gasteiger partial charge in [-0.15, -0.1) is 0 Å². The van der Waals surface area contributed by atoms with Crippen molar-refractivity contribution in [3.63, 3.8) is 0 Å². The minimum atomic E-state index is -3.52. The Hall–Kier alpha value is -1.14. The molecule has 0 amide bonds. The molecule has 1 aromatic rings. The van der Waals surface area contributed by atoms with Crippen molar-refractivity contribution in [2.45, 2.75) is 26.2 Å². The first-order valence-electron chi connectivity index (χ1n) is 7.05. The zero-order valence-corrected chi connectivity index (χ0v) is 12.4. The first-order valence-corrected chi connectivity index (χ1v) is 8.44. The summed E-state index contributed by atoms with van der Waals surface area (Å²) in [5.41, 5.74) is 1.41. The first-order chi connectivity index (χ1) is 9.48. The fraction of sp³-hybridized carbons (Fsp3) is 0.571. The summed E-state index contributed by atoms with van der Waals surface area (Å²) in [7, 11) is -3.52. The highest BCUT2D eigenvalue weighted by Gasteiger charge is 2.36. The van der Waals surface area contributed by atoms with Crippen LogP contribution in [0.15, 0.2) is 18.2 Å². The molecule has 3 rings (SSSR count). The molecule has 0 saturated carbocycles. The van der Waals surface area contributed by atoms with E-state index in [0.29, 0.717) is 37.7 Å². The Bertz CT molecular complexity index is 618. The molecule has 0 spiro atoms. The first kappa shape index (κ1) is 13.8. The van der Waals surface area contributed by atoms with Gasteiger partial charge < -0.3 is 0 Å². The Morgan fingerprint density at radius 2 is 2.10 bits per heavy atom. The van der Waals surface area contributed by atoms with Crippen LogP contribution in [0.3, 0.4) is 0 Å². The number of benzene rings is 1. The number of hydrogen-bond acceptors (Lipinski definition) is 2. The highest BCUT2D eigenvalue weighted by molar-refractivity contribution is 7.90. The lowest BCUT2D eigenvalue weighted by Gasteiger charge is -2.33. The molecule has 1 saturated heterocycles. The summed E-state index contributed by atoms with van der Waals surface area (Å²) in [6, 6.07) is 4.39. The minimum Gasteiger partial charge on any atom is -0.257 e. The van der Waals surface area contributed by atoms with Crippen LogP contribution in [0.2, 0.25) is 0 Å². The molecule has 0 unspecified atom stereocenters. The Morgan fingerprint density at radius 1 is 1.30 bits per heavy atom. The van der Waals surface area contributed by atoms with Gasteiger partial charge in [-0.2, -0.15) is 12.7 Å². The number of hydrogen-bond donors (Lipinski definition) is 0. The van der Waals surface area contributed by atoms with Crippen molar-refractivity contribution < 1.29 is 12.8 Å². The molecule has 110 valence electrons. The van der Waals surface area contributed by atoms with Crippen LogP contribution in [0.25, 0.3) is 0 Å². The van der Waals surface area contributed by atoms with E-state index in [2.05, 4.69) is 6.92 Å². The van der Waals surface area contributed by atoms with E-state index in [4.69, 9.17) is 0 Å². The number of piperidine rings is 1. The van der Waals surface area contributed by atoms with Gasteiger partial charge in [0, 0.05) is 19.6 Å². The smallest absolute Gasteiger partial charge is 0.257 e. The molecule has 0 radical (unpaired) electrons. The molecule has 0 N–H and O–H groups in total. The van der Waals surface area contributed by atoms with E-state index < -0.39 is 16.0 Å². The molecule has 0 aliphatic carbocycles. The van der Waals surface area contributed by atoms with Gasteiger partial charge in [-0.25, -0.2) is 4.39 Å². The van der Waals surface area contributed by atoms with Crippen LogP contribution < -0.4 is 4.31 Å². The van der Waals surface area contributed by atoms with E-state index in [9.17, 15) is 12.8 Å². The SMILES string of the molecule is C[C@@H]1CCCN(S(=O)(=O)N2CCc3ccc(F)cc32)C1. The molecule has 2 heterocycles. The summed E-state index contributed by atoms with van der Waals surface area (Å²) < 4.78 is 41.8. The van der Waals surface area contributed by atoms with Crippen molar-refractivity contribution in [3.8, 4) is 0 Å². The summed E-state index contributed by atoms with van der Waals surface area (Å²) in [4.78, 5) is 0. The van der Waals surface area contributed by atoms with Gasteiger partial charge in [0.05, 0.1) is 5.69 Å². The van der Waals surface area contributed by atoms with Crippen molar-refractivity contribution in [2.24, 2.45) is 5.92 Å². The van der Waals surface area contributed by atoms with Crippen LogP contribution in [0.5, 0.6) is 0 Å². The Kier molecular flexibility index (Phi) is 3.46. The average Bonchev–Trinajstić information content (AvgIpc) is 2.82. The molecule has 2 aliphatic rings. The standard InChI is InChI=1S/C14H19FN2O2S/c1-11-3-2-7-16(10-11)20(18,19)17-8-6-12-4-5-13(15)9-14(12)17/h4-5,9,11H,2-3,6-8,10H2,1H3/t11-/m1/s1. The molecule has 20 heavy (non-hydrogen) atoms. The van der Waals surface area contributed by atoms with Gasteiger partial charge in [-0.3, -0.25) is 4.31 Å². The Balaban J connectivity index is 1.92. The van der Waals surface area contributed by atoms with Crippen LogP contribution in [0.1, 0.15) is 25.3 Å². The number of nitrogens with zero attached hydrogens (tertiary/aromatic N) is 2. The van der Waals surface area contributed by atoms with Crippen LogP contribution in [-0.4, -0.2) is 32.4 Å². The molecular weight excluding hydrogens is 279 g/mol. The molecule has 0 bridgehead atoms. The second-order valence-corrected chi connectivity index (χ2v) is 7.56. The molecule has 4 nitrogen and oxygen atoms in total. The van der Waals surface area contributed by atoms with E-state index in [1.165, 1.54) is 16.4 Å². The van der Waals surface area contributed by atoms with Crippen molar-refractivity contribution >= 4 is 15.9 Å². The Morgan fingerprint density at radius 3 is 2.85 bits per heavy atom. The quantitative estimate of drug-likeness (QED) is 0.839. The molecule has 1 atom stereocenters. The lowest BCUT2D eigenvalue weighted by atomic mass is 10.0. The van der Waals surface area contributed by atoms with Gasteiger partial charge in [0.2, 0.25) is 0 Å². The number of fused-ring (bicyclic) bond motifs is 1. The zero-order chi connectivity index (χ0) is 14.3. The summed E-state index contributed by atoms with van der Waals surface area (Å²) in [5.74, 6) is -0.00836. The molecule has 1 fully saturated rings. The Labute approximate surface area is 119 Å². The average molecular weight is 298 g/mol. The molecule has 0 aromatic heterocycles. The van der Waals surface area contributed by atoms with Crippen LogP contribution >= 0.6 is 0 Å². The number of halogens is 1. The number of rotatable bonds is 2. The van der Waals surface area contributed by atoms with Gasteiger partial charge >= 0.3 is 10.2 Å². The monoisotopic (exact) mass is 298 g/mol.